The Labute approximate surface area is 205 Å². The van der Waals surface area contributed by atoms with E-state index in [4.69, 9.17) is 9.15 Å². The molecule has 4 aromatic rings. The van der Waals surface area contributed by atoms with Crippen LogP contribution in [0.25, 0.3) is 28.0 Å². The zero-order valence-electron chi connectivity index (χ0n) is 20.2. The largest absolute Gasteiger partial charge is 0.495 e. The maximum absolute atomic E-state index is 13.1. The summed E-state index contributed by atoms with van der Waals surface area (Å²) in [5, 5.41) is 5.07. The molecule has 0 radical (unpaired) electrons. The zero-order valence-corrected chi connectivity index (χ0v) is 20.2. The van der Waals surface area contributed by atoms with E-state index in [0.717, 1.165) is 54.7 Å². The molecule has 5 rings (SSSR count). The molecule has 6 nitrogen and oxygen atoms in total. The number of piperazine rings is 1. The van der Waals surface area contributed by atoms with Crippen LogP contribution in [0.5, 0.6) is 5.75 Å². The molecule has 1 fully saturated rings. The molecule has 0 bridgehead atoms. The quantitative estimate of drug-likeness (QED) is 0.401. The summed E-state index contributed by atoms with van der Waals surface area (Å²) in [6.07, 6.45) is 4.37. The first-order valence-corrected chi connectivity index (χ1v) is 12.1. The lowest BCUT2D eigenvalue weighted by molar-refractivity contribution is -0.121. The number of benzene rings is 3. The van der Waals surface area contributed by atoms with Crippen LogP contribution in [0.2, 0.25) is 0 Å². The van der Waals surface area contributed by atoms with Crippen molar-refractivity contribution >= 4 is 39.6 Å². The number of carbonyl (C=O) groups excluding carboxylic acids is 1. The van der Waals surface area contributed by atoms with Gasteiger partial charge in [-0.3, -0.25) is 14.6 Å². The van der Waals surface area contributed by atoms with Crippen LogP contribution in [0, 0.1) is 0 Å². The van der Waals surface area contributed by atoms with E-state index in [-0.39, 0.29) is 11.9 Å². The summed E-state index contributed by atoms with van der Waals surface area (Å²) in [6, 6.07) is 21.8. The molecule has 180 valence electrons. The van der Waals surface area contributed by atoms with Gasteiger partial charge in [-0.2, -0.15) is 0 Å². The van der Waals surface area contributed by atoms with E-state index < -0.39 is 0 Å². The third-order valence-corrected chi connectivity index (χ3v) is 6.76. The number of carbonyl (C=O) groups is 1. The Bertz CT molecular complexity index is 1340. The Morgan fingerprint density at radius 1 is 1.00 bits per heavy atom. The smallest absolute Gasteiger partial charge is 0.241 e. The molecule has 0 aliphatic carbocycles. The first kappa shape index (κ1) is 23.1. The highest BCUT2D eigenvalue weighted by Crippen LogP contribution is 2.36. The van der Waals surface area contributed by atoms with Gasteiger partial charge in [0.2, 0.25) is 5.91 Å². The van der Waals surface area contributed by atoms with Crippen LogP contribution in [0.3, 0.4) is 0 Å². The van der Waals surface area contributed by atoms with Crippen molar-refractivity contribution in [1.29, 1.82) is 0 Å². The van der Waals surface area contributed by atoms with Gasteiger partial charge in [0, 0.05) is 49.6 Å². The number of nitrogens with zero attached hydrogens (tertiary/aromatic N) is 2. The SMILES string of the molecule is COc1cc2c(cc1NC(=O)[C@H](C)N1CCN(C/C=C/c3ccccc3)CC1)oc1ccccc12. The minimum Gasteiger partial charge on any atom is -0.495 e. The van der Waals surface area contributed by atoms with Crippen LogP contribution >= 0.6 is 0 Å². The molecule has 6 heteroatoms. The molecule has 1 aliphatic heterocycles. The molecule has 1 amide bonds. The van der Waals surface area contributed by atoms with Crippen LogP contribution < -0.4 is 10.1 Å². The van der Waals surface area contributed by atoms with Gasteiger partial charge in [0.15, 0.2) is 0 Å². The van der Waals surface area contributed by atoms with Gasteiger partial charge < -0.3 is 14.5 Å². The van der Waals surface area contributed by atoms with Crippen molar-refractivity contribution in [2.75, 3.05) is 45.2 Å². The summed E-state index contributed by atoms with van der Waals surface area (Å²) in [5.41, 5.74) is 3.39. The Morgan fingerprint density at radius 3 is 2.51 bits per heavy atom. The van der Waals surface area contributed by atoms with Crippen LogP contribution in [0.15, 0.2) is 77.2 Å². The molecule has 1 N–H and O–H groups in total. The molecule has 0 saturated carbocycles. The fourth-order valence-electron chi connectivity index (χ4n) is 4.66. The number of hydrogen-bond donors (Lipinski definition) is 1. The van der Waals surface area contributed by atoms with Crippen molar-refractivity contribution in [3.63, 3.8) is 0 Å². The lowest BCUT2D eigenvalue weighted by Crippen LogP contribution is -2.52. The second-order valence-electron chi connectivity index (χ2n) is 8.96. The van der Waals surface area contributed by atoms with Crippen molar-refractivity contribution < 1.29 is 13.9 Å². The van der Waals surface area contributed by atoms with Gasteiger partial charge in [-0.05, 0) is 24.6 Å². The maximum atomic E-state index is 13.1. The summed E-state index contributed by atoms with van der Waals surface area (Å²) < 4.78 is 11.6. The Morgan fingerprint density at radius 2 is 1.74 bits per heavy atom. The molecular weight excluding hydrogens is 438 g/mol. The number of amides is 1. The highest BCUT2D eigenvalue weighted by Gasteiger charge is 2.26. The number of nitrogens with one attached hydrogen (secondary N) is 1. The van der Waals surface area contributed by atoms with Crippen molar-refractivity contribution in [2.24, 2.45) is 0 Å². The first-order chi connectivity index (χ1) is 17.1. The number of furan rings is 1. The standard InChI is InChI=1S/C29H31N3O3/c1-21(32-17-15-31(16-18-32)14-8-11-22-9-4-3-5-10-22)29(33)30-25-20-27-24(19-28(25)34-2)23-12-6-7-13-26(23)35-27/h3-13,19-21H,14-18H2,1-2H3,(H,30,33)/b11-8+/t21-/m0/s1. The fourth-order valence-corrected chi connectivity index (χ4v) is 4.66. The summed E-state index contributed by atoms with van der Waals surface area (Å²) in [7, 11) is 1.62. The third-order valence-electron chi connectivity index (χ3n) is 6.76. The monoisotopic (exact) mass is 469 g/mol. The molecule has 35 heavy (non-hydrogen) atoms. The highest BCUT2D eigenvalue weighted by atomic mass is 16.5. The Balaban J connectivity index is 1.20. The summed E-state index contributed by atoms with van der Waals surface area (Å²) in [6.45, 7) is 6.46. The number of hydrogen-bond acceptors (Lipinski definition) is 5. The van der Waals surface area contributed by atoms with Crippen molar-refractivity contribution in [1.82, 2.24) is 9.80 Å². The molecule has 1 saturated heterocycles. The van der Waals surface area contributed by atoms with Crippen LogP contribution in [0.4, 0.5) is 5.69 Å². The predicted octanol–water partition coefficient (Wildman–Crippen LogP) is 5.25. The summed E-state index contributed by atoms with van der Waals surface area (Å²) in [4.78, 5) is 17.8. The van der Waals surface area contributed by atoms with Crippen LogP contribution in [-0.2, 0) is 4.79 Å². The van der Waals surface area contributed by atoms with E-state index in [1.165, 1.54) is 5.56 Å². The van der Waals surface area contributed by atoms with E-state index in [1.807, 2.05) is 49.4 Å². The number of para-hydroxylation sites is 1. The van der Waals surface area contributed by atoms with Gasteiger partial charge >= 0.3 is 0 Å². The Kier molecular flexibility index (Phi) is 6.84. The maximum Gasteiger partial charge on any atom is 0.241 e. The van der Waals surface area contributed by atoms with Crippen molar-refractivity contribution in [3.8, 4) is 5.75 Å². The molecule has 0 spiro atoms. The van der Waals surface area contributed by atoms with Crippen LogP contribution in [0.1, 0.15) is 12.5 Å². The van der Waals surface area contributed by atoms with E-state index in [0.29, 0.717) is 11.4 Å². The Hall–Kier alpha value is -3.61. The topological polar surface area (TPSA) is 58.0 Å². The number of fused-ring (bicyclic) bond motifs is 3. The number of methoxy groups -OCH3 is 1. The van der Waals surface area contributed by atoms with Gasteiger partial charge in [0.1, 0.15) is 16.9 Å². The van der Waals surface area contributed by atoms with E-state index in [9.17, 15) is 4.79 Å². The average Bonchev–Trinajstić information content (AvgIpc) is 3.26. The van der Waals surface area contributed by atoms with Crippen LogP contribution in [-0.4, -0.2) is 61.6 Å². The van der Waals surface area contributed by atoms with Gasteiger partial charge in [0.25, 0.3) is 0 Å². The molecular formula is C29H31N3O3. The lowest BCUT2D eigenvalue weighted by atomic mass is 10.1. The molecule has 1 aliphatic rings. The molecule has 1 aromatic heterocycles. The molecule has 1 atom stereocenters. The molecule has 0 unspecified atom stereocenters. The summed E-state index contributed by atoms with van der Waals surface area (Å²) in [5.74, 6) is 0.579. The normalized spacial score (nSPS) is 16.2. The molecule has 2 heterocycles. The fraction of sp³-hybridized carbons (Fsp3) is 0.276. The average molecular weight is 470 g/mol. The van der Waals surface area contributed by atoms with Gasteiger partial charge in [-0.15, -0.1) is 0 Å². The first-order valence-electron chi connectivity index (χ1n) is 12.1. The number of ether oxygens (including phenoxy) is 1. The second-order valence-corrected chi connectivity index (χ2v) is 8.96. The molecule has 3 aromatic carbocycles. The van der Waals surface area contributed by atoms with Gasteiger partial charge in [0.05, 0.1) is 18.8 Å². The van der Waals surface area contributed by atoms with E-state index in [1.54, 1.807) is 7.11 Å². The minimum absolute atomic E-state index is 0.0452. The summed E-state index contributed by atoms with van der Waals surface area (Å²) >= 11 is 0. The van der Waals surface area contributed by atoms with E-state index >= 15 is 0 Å². The third kappa shape index (κ3) is 5.09. The van der Waals surface area contributed by atoms with Gasteiger partial charge in [-0.1, -0.05) is 60.7 Å². The zero-order chi connectivity index (χ0) is 24.2. The number of anilines is 1. The van der Waals surface area contributed by atoms with E-state index in [2.05, 4.69) is 51.5 Å². The number of rotatable bonds is 7. The predicted molar refractivity (Wildman–Crippen MR) is 142 cm³/mol. The lowest BCUT2D eigenvalue weighted by Gasteiger charge is -2.37. The van der Waals surface area contributed by atoms with Gasteiger partial charge in [-0.25, -0.2) is 0 Å². The van der Waals surface area contributed by atoms with Crippen molar-refractivity contribution in [3.05, 3.63) is 78.4 Å². The second kappa shape index (κ2) is 10.3. The minimum atomic E-state index is -0.243. The highest BCUT2D eigenvalue weighted by molar-refractivity contribution is 6.08. The van der Waals surface area contributed by atoms with Crippen molar-refractivity contribution in [2.45, 2.75) is 13.0 Å².